The Bertz CT molecular complexity index is 271. The summed E-state index contributed by atoms with van der Waals surface area (Å²) in [6.45, 7) is 2.10. The van der Waals surface area contributed by atoms with Gasteiger partial charge in [0.2, 0.25) is 0 Å². The number of phenols is 1. The fraction of sp³-hybridized carbons (Fsp3) is 0.500. The van der Waals surface area contributed by atoms with Gasteiger partial charge in [-0.2, -0.15) is 0 Å². The van der Waals surface area contributed by atoms with E-state index in [4.69, 9.17) is 0 Å². The highest BCUT2D eigenvalue weighted by atomic mass is 16.3. The van der Waals surface area contributed by atoms with Gasteiger partial charge >= 0.3 is 0 Å². The van der Waals surface area contributed by atoms with Crippen LogP contribution in [0, 0.1) is 0 Å². The van der Waals surface area contributed by atoms with Crippen LogP contribution in [-0.2, 0) is 6.42 Å². The molecule has 0 aliphatic rings. The quantitative estimate of drug-likeness (QED) is 0.756. The summed E-state index contributed by atoms with van der Waals surface area (Å²) in [5, 5.41) is 19.1. The zero-order valence-corrected chi connectivity index (χ0v) is 8.61. The lowest BCUT2D eigenvalue weighted by Crippen LogP contribution is -2.10. The van der Waals surface area contributed by atoms with Gasteiger partial charge in [0.25, 0.3) is 0 Å². The van der Waals surface area contributed by atoms with Crippen LogP contribution in [0.1, 0.15) is 31.7 Å². The van der Waals surface area contributed by atoms with E-state index in [9.17, 15) is 10.2 Å². The minimum atomic E-state index is -0.330. The van der Waals surface area contributed by atoms with Crippen LogP contribution in [-0.4, -0.2) is 16.3 Å². The predicted octanol–water partition coefficient (Wildman–Crippen LogP) is 2.49. The van der Waals surface area contributed by atoms with Gasteiger partial charge in [0, 0.05) is 6.42 Å². The first-order chi connectivity index (χ1) is 6.74. The number of aliphatic hydroxyl groups excluding tert-OH is 1. The van der Waals surface area contributed by atoms with Crippen molar-refractivity contribution < 1.29 is 10.2 Å². The van der Waals surface area contributed by atoms with Crippen LogP contribution < -0.4 is 0 Å². The van der Waals surface area contributed by atoms with Crippen molar-refractivity contribution in [3.05, 3.63) is 29.8 Å². The Balaban J connectivity index is 2.47. The Labute approximate surface area is 85.2 Å². The van der Waals surface area contributed by atoms with E-state index in [2.05, 4.69) is 6.92 Å². The lowest BCUT2D eigenvalue weighted by atomic mass is 10.0. The Hall–Kier alpha value is -1.02. The van der Waals surface area contributed by atoms with E-state index in [0.29, 0.717) is 6.42 Å². The smallest absolute Gasteiger partial charge is 0.118 e. The predicted molar refractivity (Wildman–Crippen MR) is 57.3 cm³/mol. The molecule has 0 saturated heterocycles. The molecule has 1 rings (SSSR count). The molecule has 0 amide bonds. The van der Waals surface area contributed by atoms with Crippen molar-refractivity contribution >= 4 is 0 Å². The number of hydrogen-bond acceptors (Lipinski definition) is 2. The molecule has 0 fully saturated rings. The molecule has 0 aliphatic carbocycles. The maximum absolute atomic E-state index is 9.65. The first-order valence-corrected chi connectivity index (χ1v) is 5.19. The van der Waals surface area contributed by atoms with Crippen molar-refractivity contribution in [1.82, 2.24) is 0 Å². The van der Waals surface area contributed by atoms with E-state index in [1.165, 1.54) is 0 Å². The fourth-order valence-corrected chi connectivity index (χ4v) is 1.48. The third-order valence-corrected chi connectivity index (χ3v) is 2.34. The van der Waals surface area contributed by atoms with E-state index in [-0.39, 0.29) is 11.9 Å². The molecule has 2 nitrogen and oxygen atoms in total. The van der Waals surface area contributed by atoms with Crippen molar-refractivity contribution in [2.24, 2.45) is 0 Å². The molecule has 0 heterocycles. The van der Waals surface area contributed by atoms with Gasteiger partial charge in [-0.25, -0.2) is 0 Å². The van der Waals surface area contributed by atoms with Crippen molar-refractivity contribution in [3.63, 3.8) is 0 Å². The van der Waals surface area contributed by atoms with E-state index < -0.39 is 0 Å². The summed E-state index contributed by atoms with van der Waals surface area (Å²) in [7, 11) is 0. The Morgan fingerprint density at radius 2 is 2.00 bits per heavy atom. The van der Waals surface area contributed by atoms with Gasteiger partial charge in [0.1, 0.15) is 5.75 Å². The summed E-state index contributed by atoms with van der Waals surface area (Å²) < 4.78 is 0. The zero-order valence-electron chi connectivity index (χ0n) is 8.61. The summed E-state index contributed by atoms with van der Waals surface area (Å²) in [5.41, 5.74) is 0.830. The molecular formula is C12H18O2. The van der Waals surface area contributed by atoms with Crippen LogP contribution >= 0.6 is 0 Å². The number of phenolic OH excluding ortho intramolecular Hbond substituents is 1. The van der Waals surface area contributed by atoms with Crippen LogP contribution in [0.25, 0.3) is 0 Å². The van der Waals surface area contributed by atoms with Gasteiger partial charge in [-0.05, 0) is 18.1 Å². The van der Waals surface area contributed by atoms with Crippen LogP contribution in [0.2, 0.25) is 0 Å². The molecule has 0 bridgehead atoms. The highest BCUT2D eigenvalue weighted by Crippen LogP contribution is 2.18. The summed E-state index contributed by atoms with van der Waals surface area (Å²) in [5.74, 6) is 0.281. The number of para-hydroxylation sites is 1. The molecule has 1 unspecified atom stereocenters. The molecule has 0 aliphatic heterocycles. The molecule has 0 spiro atoms. The molecule has 14 heavy (non-hydrogen) atoms. The third-order valence-electron chi connectivity index (χ3n) is 2.34. The van der Waals surface area contributed by atoms with Crippen molar-refractivity contribution in [2.75, 3.05) is 0 Å². The lowest BCUT2D eigenvalue weighted by Gasteiger charge is -2.10. The minimum absolute atomic E-state index is 0.281. The largest absolute Gasteiger partial charge is 0.508 e. The number of aromatic hydroxyl groups is 1. The maximum Gasteiger partial charge on any atom is 0.118 e. The number of benzene rings is 1. The Kier molecular flexibility index (Phi) is 4.47. The van der Waals surface area contributed by atoms with Crippen LogP contribution in [0.15, 0.2) is 24.3 Å². The number of hydrogen-bond donors (Lipinski definition) is 2. The van der Waals surface area contributed by atoms with Crippen LogP contribution in [0.5, 0.6) is 5.75 Å². The Morgan fingerprint density at radius 3 is 2.64 bits per heavy atom. The van der Waals surface area contributed by atoms with Crippen molar-refractivity contribution in [3.8, 4) is 5.75 Å². The summed E-state index contributed by atoms with van der Waals surface area (Å²) in [4.78, 5) is 0. The summed E-state index contributed by atoms with van der Waals surface area (Å²) in [6.07, 6.45) is 3.16. The van der Waals surface area contributed by atoms with Crippen LogP contribution in [0.3, 0.4) is 0 Å². The molecule has 0 saturated carbocycles. The number of aliphatic hydroxyl groups is 1. The van der Waals surface area contributed by atoms with E-state index in [1.54, 1.807) is 12.1 Å². The Morgan fingerprint density at radius 1 is 1.29 bits per heavy atom. The molecular weight excluding hydrogens is 176 g/mol. The molecule has 1 atom stereocenters. The van der Waals surface area contributed by atoms with E-state index >= 15 is 0 Å². The second kappa shape index (κ2) is 5.66. The fourth-order valence-electron chi connectivity index (χ4n) is 1.48. The normalized spacial score (nSPS) is 12.7. The first kappa shape index (κ1) is 11.1. The van der Waals surface area contributed by atoms with Gasteiger partial charge in [-0.15, -0.1) is 0 Å². The second-order valence-corrected chi connectivity index (χ2v) is 3.63. The average molecular weight is 194 g/mol. The topological polar surface area (TPSA) is 40.5 Å². The van der Waals surface area contributed by atoms with Gasteiger partial charge in [-0.3, -0.25) is 0 Å². The molecule has 1 aromatic carbocycles. The molecule has 0 aromatic heterocycles. The molecule has 0 radical (unpaired) electrons. The van der Waals surface area contributed by atoms with Crippen LogP contribution in [0.4, 0.5) is 0 Å². The van der Waals surface area contributed by atoms with E-state index in [0.717, 1.165) is 24.8 Å². The van der Waals surface area contributed by atoms with Gasteiger partial charge in [0.05, 0.1) is 6.10 Å². The summed E-state index contributed by atoms with van der Waals surface area (Å²) in [6, 6.07) is 7.17. The molecule has 2 heteroatoms. The number of rotatable bonds is 5. The molecule has 78 valence electrons. The van der Waals surface area contributed by atoms with Gasteiger partial charge < -0.3 is 10.2 Å². The monoisotopic (exact) mass is 194 g/mol. The highest BCUT2D eigenvalue weighted by Gasteiger charge is 2.07. The molecule has 2 N–H and O–H groups in total. The molecule has 1 aromatic rings. The highest BCUT2D eigenvalue weighted by molar-refractivity contribution is 5.32. The zero-order chi connectivity index (χ0) is 10.4. The SMILES string of the molecule is CCCCC(O)Cc1ccccc1O. The lowest BCUT2D eigenvalue weighted by molar-refractivity contribution is 0.161. The average Bonchev–Trinajstić information content (AvgIpc) is 2.18. The van der Waals surface area contributed by atoms with Crippen molar-refractivity contribution in [1.29, 1.82) is 0 Å². The number of unbranched alkanes of at least 4 members (excludes halogenated alkanes) is 1. The third kappa shape index (κ3) is 3.38. The first-order valence-electron chi connectivity index (χ1n) is 5.19. The second-order valence-electron chi connectivity index (χ2n) is 3.63. The van der Waals surface area contributed by atoms with Gasteiger partial charge in [0.15, 0.2) is 0 Å². The maximum atomic E-state index is 9.65. The van der Waals surface area contributed by atoms with Gasteiger partial charge in [-0.1, -0.05) is 38.0 Å². The summed E-state index contributed by atoms with van der Waals surface area (Å²) >= 11 is 0. The van der Waals surface area contributed by atoms with Crippen molar-refractivity contribution in [2.45, 2.75) is 38.7 Å². The standard InChI is InChI=1S/C12H18O2/c1-2-3-7-11(13)9-10-6-4-5-8-12(10)14/h4-6,8,11,13-14H,2-3,7,9H2,1H3. The van der Waals surface area contributed by atoms with E-state index in [1.807, 2.05) is 12.1 Å². The minimum Gasteiger partial charge on any atom is -0.508 e.